The van der Waals surface area contributed by atoms with Gasteiger partial charge in [-0.3, -0.25) is 18.8 Å². The van der Waals surface area contributed by atoms with Gasteiger partial charge in [-0.2, -0.15) is 8.42 Å². The molecule has 2 unspecified atom stereocenters. The Kier molecular flexibility index (Phi) is 8.87. The molecule has 0 spiro atoms. The summed E-state index contributed by atoms with van der Waals surface area (Å²) >= 11 is 0.972. The molecule has 2 aromatic rings. The van der Waals surface area contributed by atoms with Crippen LogP contribution in [0.25, 0.3) is 0 Å². The Morgan fingerprint density at radius 2 is 2.05 bits per heavy atom. The number of aromatic nitrogens is 4. The highest BCUT2D eigenvalue weighted by molar-refractivity contribution is 7.84. The summed E-state index contributed by atoms with van der Waals surface area (Å²) in [6, 6.07) is -2.69. The summed E-state index contributed by atoms with van der Waals surface area (Å²) < 4.78 is 35.1. The first-order valence-electron chi connectivity index (χ1n) is 12.4. The van der Waals surface area contributed by atoms with Crippen LogP contribution in [-0.4, -0.2) is 121 Å². The third-order valence-corrected chi connectivity index (χ3v) is 8.04. The minimum absolute atomic E-state index is 0.0634. The predicted octanol–water partition coefficient (Wildman–Crippen LogP) is -2.45. The Balaban J connectivity index is 1.50. The monoisotopic (exact) mass is 614 g/mol. The molecular weight excluding hydrogens is 584 g/mol. The Morgan fingerprint density at radius 1 is 1.34 bits per heavy atom. The number of piperazine rings is 1. The lowest BCUT2D eigenvalue weighted by atomic mass is 9.98. The SMILES string of the molecule is CC(C)(ON=C(C(=O)NC1C(=O)N(S(=O)(=O)O)C1Cn1cc(CCN2CCNCC2)nn1)c1csc(N)n1)C(=O)O. The second kappa shape index (κ2) is 12.0. The number of aliphatic carboxylic acids is 1. The van der Waals surface area contributed by atoms with Gasteiger partial charge in [0.15, 0.2) is 10.8 Å². The van der Waals surface area contributed by atoms with Crippen LogP contribution in [0.4, 0.5) is 5.13 Å². The van der Waals surface area contributed by atoms with Crippen LogP contribution in [0, 0.1) is 0 Å². The van der Waals surface area contributed by atoms with E-state index in [1.54, 1.807) is 6.20 Å². The normalized spacial score (nSPS) is 20.5. The van der Waals surface area contributed by atoms with Crippen LogP contribution in [0.2, 0.25) is 0 Å². The smallest absolute Gasteiger partial charge is 0.362 e. The van der Waals surface area contributed by atoms with E-state index in [1.807, 2.05) is 0 Å². The maximum absolute atomic E-state index is 13.2. The highest BCUT2D eigenvalue weighted by Crippen LogP contribution is 2.25. The largest absolute Gasteiger partial charge is 0.478 e. The van der Waals surface area contributed by atoms with E-state index in [-0.39, 0.29) is 21.7 Å². The molecule has 0 aromatic carbocycles. The molecule has 224 valence electrons. The van der Waals surface area contributed by atoms with Gasteiger partial charge in [-0.1, -0.05) is 10.4 Å². The lowest BCUT2D eigenvalue weighted by Crippen LogP contribution is -2.73. The average molecular weight is 615 g/mol. The molecule has 18 nitrogen and oxygen atoms in total. The Hall–Kier alpha value is -3.72. The fourth-order valence-corrected chi connectivity index (χ4v) is 5.51. The van der Waals surface area contributed by atoms with Gasteiger partial charge in [-0.15, -0.1) is 16.4 Å². The van der Waals surface area contributed by atoms with Gasteiger partial charge in [0.05, 0.1) is 18.3 Å². The van der Waals surface area contributed by atoms with Crippen LogP contribution in [0.3, 0.4) is 0 Å². The van der Waals surface area contributed by atoms with Crippen LogP contribution in [-0.2, 0) is 42.5 Å². The van der Waals surface area contributed by atoms with Gasteiger partial charge in [0.2, 0.25) is 5.60 Å². The summed E-state index contributed by atoms with van der Waals surface area (Å²) in [6.07, 6.45) is 2.19. The van der Waals surface area contributed by atoms with E-state index in [4.69, 9.17) is 10.6 Å². The number of nitrogens with two attached hydrogens (primary N) is 1. The predicted molar refractivity (Wildman–Crippen MR) is 143 cm³/mol. The van der Waals surface area contributed by atoms with Crippen molar-refractivity contribution in [2.24, 2.45) is 5.16 Å². The van der Waals surface area contributed by atoms with E-state index in [0.29, 0.717) is 12.1 Å². The number of rotatable bonds is 12. The Bertz CT molecular complexity index is 1430. The van der Waals surface area contributed by atoms with Crippen molar-refractivity contribution < 1.29 is 37.3 Å². The lowest BCUT2D eigenvalue weighted by molar-refractivity contribution is -0.161. The first-order chi connectivity index (χ1) is 19.3. The number of nitrogens with zero attached hydrogens (tertiary/aromatic N) is 7. The van der Waals surface area contributed by atoms with Crippen LogP contribution in [0.5, 0.6) is 0 Å². The topological polar surface area (TPSA) is 248 Å². The maximum atomic E-state index is 13.2. The number of hydrogen-bond acceptors (Lipinski definition) is 14. The number of carbonyl (C=O) groups excluding carboxylic acids is 2. The van der Waals surface area contributed by atoms with Gasteiger partial charge < -0.3 is 31.2 Å². The highest BCUT2D eigenvalue weighted by atomic mass is 32.2. The van der Waals surface area contributed by atoms with Crippen molar-refractivity contribution in [2.45, 2.75) is 44.5 Å². The number of β-lactam (4-membered cyclic amide) rings is 1. The molecule has 41 heavy (non-hydrogen) atoms. The number of nitrogens with one attached hydrogen (secondary N) is 2. The first-order valence-corrected chi connectivity index (χ1v) is 14.7. The van der Waals surface area contributed by atoms with Crippen LogP contribution in [0.1, 0.15) is 25.2 Å². The van der Waals surface area contributed by atoms with Crippen molar-refractivity contribution in [3.05, 3.63) is 23.0 Å². The van der Waals surface area contributed by atoms with Crippen molar-refractivity contribution in [3.8, 4) is 0 Å². The summed E-state index contributed by atoms with van der Waals surface area (Å²) in [5, 5.41) is 28.2. The molecule has 2 fully saturated rings. The first kappa shape index (κ1) is 30.2. The van der Waals surface area contributed by atoms with Crippen molar-refractivity contribution >= 4 is 50.3 Å². The molecule has 2 saturated heterocycles. The number of carbonyl (C=O) groups is 3. The van der Waals surface area contributed by atoms with Gasteiger partial charge in [-0.25, -0.2) is 14.1 Å². The molecule has 0 saturated carbocycles. The number of anilines is 1. The molecule has 2 atom stereocenters. The van der Waals surface area contributed by atoms with E-state index >= 15 is 0 Å². The fraction of sp³-hybridized carbons (Fsp3) is 0.571. The highest BCUT2D eigenvalue weighted by Gasteiger charge is 2.54. The van der Waals surface area contributed by atoms with Crippen molar-refractivity contribution in [1.29, 1.82) is 0 Å². The molecule has 0 bridgehead atoms. The lowest BCUT2D eigenvalue weighted by Gasteiger charge is -2.43. The summed E-state index contributed by atoms with van der Waals surface area (Å²) in [4.78, 5) is 48.6. The summed E-state index contributed by atoms with van der Waals surface area (Å²) in [7, 11) is -4.97. The number of carboxylic acid groups (broad SMARTS) is 1. The zero-order valence-electron chi connectivity index (χ0n) is 22.1. The van der Waals surface area contributed by atoms with Crippen LogP contribution < -0.4 is 16.4 Å². The fourth-order valence-electron chi connectivity index (χ4n) is 4.09. The zero-order valence-corrected chi connectivity index (χ0v) is 23.8. The number of oxime groups is 1. The average Bonchev–Trinajstić information content (AvgIpc) is 3.54. The van der Waals surface area contributed by atoms with Gasteiger partial charge in [0.1, 0.15) is 11.7 Å². The van der Waals surface area contributed by atoms with Gasteiger partial charge in [-0.05, 0) is 13.8 Å². The molecule has 6 N–H and O–H groups in total. The van der Waals surface area contributed by atoms with Crippen molar-refractivity contribution in [2.75, 3.05) is 38.5 Å². The van der Waals surface area contributed by atoms with E-state index < -0.39 is 51.5 Å². The van der Waals surface area contributed by atoms with E-state index in [0.717, 1.165) is 44.1 Å². The van der Waals surface area contributed by atoms with E-state index in [1.165, 1.54) is 23.9 Å². The van der Waals surface area contributed by atoms with Gasteiger partial charge in [0, 0.05) is 50.7 Å². The van der Waals surface area contributed by atoms with Gasteiger partial charge in [0.25, 0.3) is 11.8 Å². The molecule has 0 radical (unpaired) electrons. The zero-order chi connectivity index (χ0) is 29.9. The molecule has 2 aliphatic heterocycles. The van der Waals surface area contributed by atoms with E-state index in [2.05, 4.69) is 36.0 Å². The van der Waals surface area contributed by atoms with Crippen molar-refractivity contribution in [1.82, 2.24) is 39.8 Å². The quantitative estimate of drug-likeness (QED) is 0.0721. The molecule has 2 aliphatic rings. The summed E-state index contributed by atoms with van der Waals surface area (Å²) in [5.41, 5.74) is 3.91. The third kappa shape index (κ3) is 7.14. The van der Waals surface area contributed by atoms with Crippen LogP contribution >= 0.6 is 11.3 Å². The summed E-state index contributed by atoms with van der Waals surface area (Å²) in [6.45, 7) is 6.53. The molecule has 4 heterocycles. The molecule has 2 amide bonds. The number of amides is 2. The molecule has 2 aromatic heterocycles. The third-order valence-electron chi connectivity index (χ3n) is 6.42. The maximum Gasteiger partial charge on any atom is 0.362 e. The minimum Gasteiger partial charge on any atom is -0.478 e. The van der Waals surface area contributed by atoms with Gasteiger partial charge >= 0.3 is 16.3 Å². The molecule has 4 rings (SSSR count). The number of thiazole rings is 1. The minimum atomic E-state index is -4.97. The van der Waals surface area contributed by atoms with E-state index in [9.17, 15) is 32.5 Å². The molecule has 0 aliphatic carbocycles. The van der Waals surface area contributed by atoms with Crippen molar-refractivity contribution in [3.63, 3.8) is 0 Å². The molecule has 20 heteroatoms. The number of carboxylic acids is 1. The second-order valence-corrected chi connectivity index (χ2v) is 12.0. The number of hydrogen-bond donors (Lipinski definition) is 5. The Morgan fingerprint density at radius 3 is 2.66 bits per heavy atom. The standard InChI is InChI=1S/C21H30N10O8S2/c1-21(2,19(34)35)39-27-15(13-11-40-20(22)24-13)17(32)25-16-14(31(18(16)33)41(36,37)38)10-30-9-12(26-28-30)3-6-29-7-4-23-5-8-29/h9,11,14,16,23H,3-8,10H2,1-2H3,(H2,22,24)(H,25,32)(H,34,35)(H,36,37,38). The second-order valence-electron chi connectivity index (χ2n) is 9.82. The Labute approximate surface area is 238 Å². The molecular formula is C21H30N10O8S2. The van der Waals surface area contributed by atoms with Crippen LogP contribution in [0.15, 0.2) is 16.7 Å². The summed E-state index contributed by atoms with van der Waals surface area (Å²) in [5.74, 6) is -3.49. The number of nitrogen functional groups attached to an aromatic ring is 1.